The molecule has 1 aromatic carbocycles. The first-order valence-corrected chi connectivity index (χ1v) is 14.2. The maximum absolute atomic E-state index is 14.0. The molecule has 4 aliphatic heterocycles. The maximum atomic E-state index is 14.0. The summed E-state index contributed by atoms with van der Waals surface area (Å²) in [5.74, 6) is 1.26. The number of cyclic esters (lactones) is 1. The van der Waals surface area contributed by atoms with Crippen molar-refractivity contribution in [3.63, 3.8) is 0 Å². The van der Waals surface area contributed by atoms with Crippen molar-refractivity contribution >= 4 is 16.9 Å². The maximum Gasteiger partial charge on any atom is 0.355 e. The number of benzene rings is 1. The molecule has 1 saturated heterocycles. The third-order valence-corrected chi connectivity index (χ3v) is 8.76. The van der Waals surface area contributed by atoms with Crippen molar-refractivity contribution in [2.45, 2.75) is 45.6 Å². The van der Waals surface area contributed by atoms with Gasteiger partial charge in [0.05, 0.1) is 34.8 Å². The van der Waals surface area contributed by atoms with Crippen LogP contribution in [-0.4, -0.2) is 71.8 Å². The van der Waals surface area contributed by atoms with Crippen LogP contribution in [0.4, 0.5) is 0 Å². The Morgan fingerprint density at radius 2 is 1.78 bits per heavy atom. The van der Waals surface area contributed by atoms with E-state index in [0.29, 0.717) is 60.3 Å². The third kappa shape index (κ3) is 4.03. The zero-order chi connectivity index (χ0) is 28.5. The van der Waals surface area contributed by atoms with Crippen molar-refractivity contribution in [3.05, 3.63) is 63.1 Å². The summed E-state index contributed by atoms with van der Waals surface area (Å²) in [7, 11) is 2.15. The van der Waals surface area contributed by atoms with Gasteiger partial charge in [-0.15, -0.1) is 0 Å². The van der Waals surface area contributed by atoms with Crippen LogP contribution in [0.1, 0.15) is 42.5 Å². The number of carbonyl (C=O) groups excluding carboxylic acids is 1. The molecule has 41 heavy (non-hydrogen) atoms. The minimum Gasteiger partial charge on any atom is -0.486 e. The molecule has 10 nitrogen and oxygen atoms in total. The lowest BCUT2D eigenvalue weighted by Gasteiger charge is -2.36. The molecule has 0 radical (unpaired) electrons. The summed E-state index contributed by atoms with van der Waals surface area (Å²) < 4.78 is 25.2. The largest absolute Gasteiger partial charge is 0.486 e. The van der Waals surface area contributed by atoms with Crippen LogP contribution in [0, 0.1) is 0 Å². The molecule has 0 amide bonds. The Morgan fingerprint density at radius 1 is 1.05 bits per heavy atom. The zero-order valence-electron chi connectivity index (χ0n) is 23.7. The predicted octanol–water partition coefficient (Wildman–Crippen LogP) is 3.16. The molecule has 1 fully saturated rings. The van der Waals surface area contributed by atoms with Crippen LogP contribution in [0.3, 0.4) is 0 Å². The lowest BCUT2D eigenvalue weighted by Crippen LogP contribution is -2.46. The first kappa shape index (κ1) is 26.0. The molecule has 0 saturated carbocycles. The van der Waals surface area contributed by atoms with Crippen LogP contribution in [-0.2, 0) is 39.6 Å². The van der Waals surface area contributed by atoms with Crippen molar-refractivity contribution in [1.29, 1.82) is 0 Å². The normalized spacial score (nSPS) is 21.7. The van der Waals surface area contributed by atoms with Gasteiger partial charge in [0.2, 0.25) is 5.60 Å². The van der Waals surface area contributed by atoms with Gasteiger partial charge in [0.25, 0.3) is 5.56 Å². The molecule has 2 aromatic heterocycles. The summed E-state index contributed by atoms with van der Waals surface area (Å²) in [6.07, 6.45) is 0.296. The molecule has 3 aromatic rings. The Balaban J connectivity index is 1.44. The molecule has 0 aliphatic carbocycles. The molecular weight excluding hydrogens is 524 g/mol. The average Bonchev–Trinajstić information content (AvgIpc) is 3.33. The lowest BCUT2D eigenvalue weighted by atomic mass is 9.85. The van der Waals surface area contributed by atoms with E-state index in [9.17, 15) is 9.59 Å². The number of pyridine rings is 2. The lowest BCUT2D eigenvalue weighted by molar-refractivity contribution is -0.175. The van der Waals surface area contributed by atoms with Crippen molar-refractivity contribution in [1.82, 2.24) is 19.4 Å². The number of rotatable bonds is 5. The minimum atomic E-state index is -1.43. The highest BCUT2D eigenvalue weighted by atomic mass is 16.6. The van der Waals surface area contributed by atoms with Crippen LogP contribution >= 0.6 is 0 Å². The minimum absolute atomic E-state index is 0.0874. The van der Waals surface area contributed by atoms with E-state index in [1.165, 1.54) is 0 Å². The summed E-state index contributed by atoms with van der Waals surface area (Å²) in [6.45, 7) is 13.4. The van der Waals surface area contributed by atoms with Crippen LogP contribution < -0.4 is 15.0 Å². The van der Waals surface area contributed by atoms with E-state index in [2.05, 4.69) is 23.4 Å². The number of hydrogen-bond acceptors (Lipinski definition) is 9. The van der Waals surface area contributed by atoms with Gasteiger partial charge in [0.15, 0.2) is 11.5 Å². The molecule has 1 atom stereocenters. The summed E-state index contributed by atoms with van der Waals surface area (Å²) in [5, 5.41) is 1.00. The van der Waals surface area contributed by atoms with Crippen LogP contribution in [0.25, 0.3) is 22.3 Å². The fraction of sp³-hybridized carbons (Fsp3) is 0.452. The number of esters is 1. The molecule has 6 heterocycles. The second-order valence-corrected chi connectivity index (χ2v) is 11.4. The third-order valence-electron chi connectivity index (χ3n) is 8.76. The number of piperazine rings is 1. The monoisotopic (exact) mass is 558 g/mol. The highest BCUT2D eigenvalue weighted by Crippen LogP contribution is 2.44. The first-order valence-electron chi connectivity index (χ1n) is 14.2. The van der Waals surface area contributed by atoms with E-state index in [-0.39, 0.29) is 12.2 Å². The van der Waals surface area contributed by atoms with Gasteiger partial charge in [-0.05, 0) is 38.1 Å². The van der Waals surface area contributed by atoms with Gasteiger partial charge in [0, 0.05) is 55.3 Å². The van der Waals surface area contributed by atoms with E-state index in [1.807, 2.05) is 25.1 Å². The molecule has 0 bridgehead atoms. The predicted molar refractivity (Wildman–Crippen MR) is 152 cm³/mol. The molecule has 0 unspecified atom stereocenters. The Labute approximate surface area is 238 Å². The topological polar surface area (TPSA) is 95.4 Å². The summed E-state index contributed by atoms with van der Waals surface area (Å²) in [5.41, 5.74) is 3.72. The number of likely N-dealkylation sites (N-methyl/N-ethyl adjacent to an activating group) is 1. The Bertz CT molecular complexity index is 1670. The highest BCUT2D eigenvalue weighted by Gasteiger charge is 2.49. The molecule has 214 valence electrons. The van der Waals surface area contributed by atoms with E-state index in [0.717, 1.165) is 60.4 Å². The van der Waals surface area contributed by atoms with Crippen molar-refractivity contribution in [2.24, 2.45) is 0 Å². The number of fused-ring (bicyclic) bond motifs is 6. The fourth-order valence-corrected chi connectivity index (χ4v) is 6.56. The van der Waals surface area contributed by atoms with Crippen LogP contribution in [0.2, 0.25) is 0 Å². The Kier molecular flexibility index (Phi) is 6.09. The fourth-order valence-electron chi connectivity index (χ4n) is 6.56. The van der Waals surface area contributed by atoms with Gasteiger partial charge in [0.1, 0.15) is 19.8 Å². The average molecular weight is 559 g/mol. The van der Waals surface area contributed by atoms with E-state index in [4.69, 9.17) is 23.9 Å². The quantitative estimate of drug-likeness (QED) is 0.270. The zero-order valence-corrected chi connectivity index (χ0v) is 23.7. The van der Waals surface area contributed by atoms with Gasteiger partial charge in [-0.25, -0.2) is 9.78 Å². The van der Waals surface area contributed by atoms with Crippen molar-refractivity contribution in [2.75, 3.05) is 46.4 Å². The molecular formula is C31H34N4O6. The van der Waals surface area contributed by atoms with Gasteiger partial charge >= 0.3 is 5.97 Å². The van der Waals surface area contributed by atoms with Gasteiger partial charge in [-0.1, -0.05) is 13.5 Å². The van der Waals surface area contributed by atoms with E-state index >= 15 is 0 Å². The number of nitrogens with zero attached hydrogens (tertiary/aromatic N) is 4. The summed E-state index contributed by atoms with van der Waals surface area (Å²) >= 11 is 0. The van der Waals surface area contributed by atoms with Crippen molar-refractivity contribution in [3.8, 4) is 22.9 Å². The molecule has 7 rings (SSSR count). The number of ether oxygens (including phenoxy) is 4. The van der Waals surface area contributed by atoms with Gasteiger partial charge < -0.3 is 28.4 Å². The number of hydrogen-bond donors (Lipinski definition) is 0. The standard InChI is InChI=1S/C31H34N4O6/c1-5-31(41-18(2)3)23-13-25-28-21(16-35(25)29(36)22(23)17-40-30(31)37)20(15-34-8-6-33(4)7-9-34)19-12-26-27(14-24(19)32-28)39-11-10-38-26/h12-14H,2,5-11,15-17H2,1,3-4H3/t31-/m0/s1. The second-order valence-electron chi connectivity index (χ2n) is 11.4. The summed E-state index contributed by atoms with van der Waals surface area (Å²) in [4.78, 5) is 37.1. The highest BCUT2D eigenvalue weighted by molar-refractivity contribution is 5.91. The van der Waals surface area contributed by atoms with Crippen LogP contribution in [0.15, 0.2) is 35.3 Å². The first-order chi connectivity index (χ1) is 19.8. The molecule has 10 heteroatoms. The Morgan fingerprint density at radius 3 is 2.49 bits per heavy atom. The molecule has 4 aliphatic rings. The second kappa shape index (κ2) is 9.60. The smallest absolute Gasteiger partial charge is 0.355 e. The van der Waals surface area contributed by atoms with Gasteiger partial charge in [-0.3, -0.25) is 9.69 Å². The van der Waals surface area contributed by atoms with Gasteiger partial charge in [-0.2, -0.15) is 0 Å². The molecule has 0 N–H and O–H groups in total. The summed E-state index contributed by atoms with van der Waals surface area (Å²) in [6, 6.07) is 5.88. The number of aromatic nitrogens is 2. The number of allylic oxidation sites excluding steroid dienone is 1. The SMILES string of the molecule is C=C(C)O[C@]1(CC)C(=O)OCc2c1cc1n(c2=O)Cc2c-1nc1cc3c(cc1c2CN1CCN(C)CC1)OCCO3. The van der Waals surface area contributed by atoms with Crippen LogP contribution in [0.5, 0.6) is 11.5 Å². The van der Waals surface area contributed by atoms with E-state index in [1.54, 1.807) is 11.5 Å². The van der Waals surface area contributed by atoms with Crippen molar-refractivity contribution < 1.29 is 23.7 Å². The number of carbonyl (C=O) groups is 1. The van der Waals surface area contributed by atoms with E-state index < -0.39 is 11.6 Å². The Hall–Kier alpha value is -3.89. The molecule has 0 spiro atoms.